The Kier molecular flexibility index (Phi) is 4.04. The Labute approximate surface area is 115 Å². The molecule has 19 heavy (non-hydrogen) atoms. The van der Waals surface area contributed by atoms with E-state index >= 15 is 0 Å². The van der Waals surface area contributed by atoms with Crippen molar-refractivity contribution in [2.45, 2.75) is 43.0 Å². The van der Waals surface area contributed by atoms with Gasteiger partial charge in [-0.2, -0.15) is 0 Å². The minimum absolute atomic E-state index is 0.229. The predicted octanol–water partition coefficient (Wildman–Crippen LogP) is 2.44. The molecule has 1 aliphatic carbocycles. The van der Waals surface area contributed by atoms with Gasteiger partial charge in [-0.25, -0.2) is 8.42 Å². The van der Waals surface area contributed by atoms with Crippen LogP contribution in [0.1, 0.15) is 32.1 Å². The van der Waals surface area contributed by atoms with E-state index in [1.165, 1.54) is 25.5 Å². The molecule has 0 spiro atoms. The number of rotatable bonds is 3. The van der Waals surface area contributed by atoms with Crippen LogP contribution in [-0.4, -0.2) is 27.8 Å². The summed E-state index contributed by atoms with van der Waals surface area (Å²) in [5.74, 6) is 0. The first kappa shape index (κ1) is 14.2. The highest BCUT2D eigenvalue weighted by Gasteiger charge is 2.22. The maximum Gasteiger partial charge on any atom is 0.177 e. The van der Waals surface area contributed by atoms with Crippen LogP contribution in [0.2, 0.25) is 0 Å². The van der Waals surface area contributed by atoms with Gasteiger partial charge < -0.3 is 10.6 Å². The standard InChI is InChI=1S/C14H22N2O2S/c1-16(11-7-4-3-5-8-11)12-9-6-10-13(14(12)15)19(2,17)18/h6,9-11H,3-5,7-8,15H2,1-2H3. The van der Waals surface area contributed by atoms with E-state index in [9.17, 15) is 8.42 Å². The molecule has 0 aromatic heterocycles. The van der Waals surface area contributed by atoms with Crippen LogP contribution < -0.4 is 10.6 Å². The fourth-order valence-electron chi connectivity index (χ4n) is 2.83. The van der Waals surface area contributed by atoms with Crippen LogP contribution in [0.3, 0.4) is 0 Å². The molecular weight excluding hydrogens is 260 g/mol. The lowest BCUT2D eigenvalue weighted by Gasteiger charge is -2.34. The lowest BCUT2D eigenvalue weighted by atomic mass is 9.94. The van der Waals surface area contributed by atoms with Crippen molar-refractivity contribution in [1.82, 2.24) is 0 Å². The third-order valence-corrected chi connectivity index (χ3v) is 5.10. The van der Waals surface area contributed by atoms with Crippen LogP contribution in [0.15, 0.2) is 23.1 Å². The molecule has 0 radical (unpaired) electrons. The zero-order chi connectivity index (χ0) is 14.0. The van der Waals surface area contributed by atoms with Gasteiger partial charge in [-0.1, -0.05) is 25.3 Å². The first-order chi connectivity index (χ1) is 8.91. The van der Waals surface area contributed by atoms with Crippen LogP contribution in [0, 0.1) is 0 Å². The summed E-state index contributed by atoms with van der Waals surface area (Å²) in [5, 5.41) is 0. The van der Waals surface area contributed by atoms with Crippen molar-refractivity contribution in [3.05, 3.63) is 18.2 Å². The van der Waals surface area contributed by atoms with Crippen molar-refractivity contribution in [2.24, 2.45) is 0 Å². The SMILES string of the molecule is CN(c1cccc(S(C)(=O)=O)c1N)C1CCCCC1. The zero-order valence-electron chi connectivity index (χ0n) is 11.6. The van der Waals surface area contributed by atoms with E-state index in [1.807, 2.05) is 13.1 Å². The molecule has 1 fully saturated rings. The van der Waals surface area contributed by atoms with Gasteiger partial charge in [0.05, 0.1) is 16.3 Å². The van der Waals surface area contributed by atoms with Crippen molar-refractivity contribution in [1.29, 1.82) is 0 Å². The Balaban J connectivity index is 2.34. The molecule has 2 N–H and O–H groups in total. The van der Waals surface area contributed by atoms with Gasteiger partial charge in [0.25, 0.3) is 0 Å². The molecule has 0 unspecified atom stereocenters. The van der Waals surface area contributed by atoms with E-state index in [2.05, 4.69) is 4.90 Å². The molecule has 0 heterocycles. The van der Waals surface area contributed by atoms with Gasteiger partial charge in [-0.05, 0) is 25.0 Å². The normalized spacial score (nSPS) is 17.4. The second kappa shape index (κ2) is 5.41. The van der Waals surface area contributed by atoms with Crippen LogP contribution in [0.5, 0.6) is 0 Å². The predicted molar refractivity (Wildman–Crippen MR) is 79.2 cm³/mol. The van der Waals surface area contributed by atoms with E-state index in [1.54, 1.807) is 12.1 Å². The Bertz CT molecular complexity index is 549. The van der Waals surface area contributed by atoms with E-state index < -0.39 is 9.84 Å². The number of hydrogen-bond donors (Lipinski definition) is 1. The molecule has 0 saturated heterocycles. The van der Waals surface area contributed by atoms with Crippen LogP contribution in [0.25, 0.3) is 0 Å². The molecular formula is C14H22N2O2S. The molecule has 106 valence electrons. The summed E-state index contributed by atoms with van der Waals surface area (Å²) < 4.78 is 23.4. The van der Waals surface area contributed by atoms with Crippen molar-refractivity contribution in [3.63, 3.8) is 0 Å². The van der Waals surface area contributed by atoms with Crippen molar-refractivity contribution < 1.29 is 8.42 Å². The smallest absolute Gasteiger partial charge is 0.177 e. The highest BCUT2D eigenvalue weighted by atomic mass is 32.2. The van der Waals surface area contributed by atoms with Crippen LogP contribution in [-0.2, 0) is 9.84 Å². The van der Waals surface area contributed by atoms with Crippen molar-refractivity contribution in [3.8, 4) is 0 Å². The Morgan fingerprint density at radius 3 is 2.42 bits per heavy atom. The average Bonchev–Trinajstić information content (AvgIpc) is 2.38. The molecule has 1 aromatic rings. The third-order valence-electron chi connectivity index (χ3n) is 3.94. The quantitative estimate of drug-likeness (QED) is 0.865. The van der Waals surface area contributed by atoms with E-state index in [-0.39, 0.29) is 4.90 Å². The highest BCUT2D eigenvalue weighted by molar-refractivity contribution is 7.90. The van der Waals surface area contributed by atoms with E-state index in [0.717, 1.165) is 18.5 Å². The van der Waals surface area contributed by atoms with E-state index in [0.29, 0.717) is 11.7 Å². The van der Waals surface area contributed by atoms with E-state index in [4.69, 9.17) is 5.73 Å². The van der Waals surface area contributed by atoms with Gasteiger partial charge in [0.15, 0.2) is 9.84 Å². The van der Waals surface area contributed by atoms with Gasteiger partial charge in [0.2, 0.25) is 0 Å². The summed E-state index contributed by atoms with van der Waals surface area (Å²) in [6, 6.07) is 5.70. The first-order valence-corrected chi connectivity index (χ1v) is 8.62. The third kappa shape index (κ3) is 3.03. The fourth-order valence-corrected chi connectivity index (χ4v) is 3.66. The lowest BCUT2D eigenvalue weighted by molar-refractivity contribution is 0.428. The first-order valence-electron chi connectivity index (χ1n) is 6.72. The van der Waals surface area contributed by atoms with Gasteiger partial charge in [0, 0.05) is 19.3 Å². The number of nitrogens with two attached hydrogens (primary N) is 1. The monoisotopic (exact) mass is 282 g/mol. The molecule has 1 aromatic carbocycles. The molecule has 0 atom stereocenters. The number of benzene rings is 1. The van der Waals surface area contributed by atoms with Crippen molar-refractivity contribution >= 4 is 21.2 Å². The Morgan fingerprint density at radius 2 is 1.84 bits per heavy atom. The molecule has 1 aliphatic rings. The topological polar surface area (TPSA) is 63.4 Å². The minimum Gasteiger partial charge on any atom is -0.396 e. The summed E-state index contributed by atoms with van der Waals surface area (Å²) in [5.41, 5.74) is 7.26. The number of nitrogen functional groups attached to an aromatic ring is 1. The van der Waals surface area contributed by atoms with Crippen molar-refractivity contribution in [2.75, 3.05) is 23.9 Å². The summed E-state index contributed by atoms with van der Waals surface area (Å²) in [6.45, 7) is 0. The lowest BCUT2D eigenvalue weighted by Crippen LogP contribution is -2.34. The summed E-state index contributed by atoms with van der Waals surface area (Å²) in [6.07, 6.45) is 7.27. The number of para-hydroxylation sites is 1. The number of sulfone groups is 1. The van der Waals surface area contributed by atoms with Gasteiger partial charge >= 0.3 is 0 Å². The van der Waals surface area contributed by atoms with Crippen LogP contribution >= 0.6 is 0 Å². The number of hydrogen-bond acceptors (Lipinski definition) is 4. The second-order valence-corrected chi connectivity index (χ2v) is 7.35. The van der Waals surface area contributed by atoms with Gasteiger partial charge in [-0.3, -0.25) is 0 Å². The molecule has 2 rings (SSSR count). The minimum atomic E-state index is -3.27. The van der Waals surface area contributed by atoms with Gasteiger partial charge in [-0.15, -0.1) is 0 Å². The fraction of sp³-hybridized carbons (Fsp3) is 0.571. The molecule has 0 amide bonds. The Morgan fingerprint density at radius 1 is 1.21 bits per heavy atom. The molecule has 4 nitrogen and oxygen atoms in total. The van der Waals surface area contributed by atoms with Gasteiger partial charge in [0.1, 0.15) is 0 Å². The second-order valence-electron chi connectivity index (χ2n) is 5.36. The Hall–Kier alpha value is -1.23. The molecule has 1 saturated carbocycles. The average molecular weight is 282 g/mol. The maximum absolute atomic E-state index is 11.7. The number of anilines is 2. The number of nitrogens with zero attached hydrogens (tertiary/aromatic N) is 1. The molecule has 0 bridgehead atoms. The largest absolute Gasteiger partial charge is 0.396 e. The summed E-state index contributed by atoms with van der Waals surface area (Å²) in [7, 11) is -1.26. The molecule has 5 heteroatoms. The summed E-state index contributed by atoms with van der Waals surface area (Å²) in [4.78, 5) is 2.37. The van der Waals surface area contributed by atoms with Crippen LogP contribution in [0.4, 0.5) is 11.4 Å². The highest BCUT2D eigenvalue weighted by Crippen LogP contribution is 2.33. The maximum atomic E-state index is 11.7. The zero-order valence-corrected chi connectivity index (χ0v) is 12.4. The molecule has 0 aliphatic heterocycles. The summed E-state index contributed by atoms with van der Waals surface area (Å²) >= 11 is 0.